The monoisotopic (exact) mass is 543 g/mol. The number of rotatable bonds is 6. The van der Waals surface area contributed by atoms with Crippen molar-refractivity contribution in [2.24, 2.45) is 0 Å². The minimum Gasteiger partial charge on any atom is -0.463 e. The van der Waals surface area contributed by atoms with E-state index >= 15 is 0 Å². The van der Waals surface area contributed by atoms with Crippen molar-refractivity contribution in [3.63, 3.8) is 0 Å². The fourth-order valence-corrected chi connectivity index (χ4v) is 5.35. The van der Waals surface area contributed by atoms with Crippen LogP contribution in [0.1, 0.15) is 37.3 Å². The van der Waals surface area contributed by atoms with Crippen molar-refractivity contribution in [3.05, 3.63) is 74.9 Å². The number of para-hydroxylation sites is 1. The smallest absolute Gasteiger partial charge is 0.336 e. The second-order valence-electron chi connectivity index (χ2n) is 9.28. The van der Waals surface area contributed by atoms with Gasteiger partial charge in [-0.1, -0.05) is 47.5 Å². The summed E-state index contributed by atoms with van der Waals surface area (Å²) in [7, 11) is 0. The van der Waals surface area contributed by atoms with Gasteiger partial charge in [0.15, 0.2) is 0 Å². The molecule has 0 bridgehead atoms. The van der Waals surface area contributed by atoms with Crippen molar-refractivity contribution in [3.8, 4) is 0 Å². The quantitative estimate of drug-likeness (QED) is 0.489. The van der Waals surface area contributed by atoms with Crippen LogP contribution in [0.2, 0.25) is 10.0 Å². The van der Waals surface area contributed by atoms with Crippen LogP contribution in [0, 0.1) is 6.92 Å². The van der Waals surface area contributed by atoms with Gasteiger partial charge in [0, 0.05) is 49.9 Å². The molecular weight excluding hydrogens is 513 g/mol. The van der Waals surface area contributed by atoms with E-state index in [1.54, 1.807) is 36.9 Å². The molecule has 0 N–H and O–H groups in total. The normalized spacial score (nSPS) is 18.4. The average molecular weight is 544 g/mol. The number of esters is 1. The number of carbonyl (C=O) groups is 3. The largest absolute Gasteiger partial charge is 0.463 e. The highest BCUT2D eigenvalue weighted by atomic mass is 35.5. The number of piperazine rings is 1. The summed E-state index contributed by atoms with van der Waals surface area (Å²) in [4.78, 5) is 45.0. The van der Waals surface area contributed by atoms with Crippen molar-refractivity contribution >= 4 is 46.7 Å². The third-order valence-corrected chi connectivity index (χ3v) is 7.79. The number of aryl methyl sites for hydroxylation is 1. The number of halogens is 2. The maximum Gasteiger partial charge on any atom is 0.336 e. The molecule has 2 aromatic rings. The van der Waals surface area contributed by atoms with Crippen LogP contribution < -0.4 is 4.90 Å². The van der Waals surface area contributed by atoms with Gasteiger partial charge in [-0.2, -0.15) is 0 Å². The van der Waals surface area contributed by atoms with E-state index in [0.29, 0.717) is 53.1 Å². The number of allylic oxidation sites excluding steroid dienone is 1. The Morgan fingerprint density at radius 2 is 1.70 bits per heavy atom. The third kappa shape index (κ3) is 5.78. The van der Waals surface area contributed by atoms with Crippen LogP contribution >= 0.6 is 23.2 Å². The molecule has 0 aromatic heterocycles. The van der Waals surface area contributed by atoms with Gasteiger partial charge in [-0.15, -0.1) is 0 Å². The number of nitrogens with zero attached hydrogens (tertiary/aromatic N) is 3. The zero-order valence-corrected chi connectivity index (χ0v) is 22.8. The number of benzene rings is 2. The molecule has 1 saturated heterocycles. The predicted octanol–water partition coefficient (Wildman–Crippen LogP) is 4.80. The van der Waals surface area contributed by atoms with Gasteiger partial charge in [-0.05, 0) is 50.1 Å². The first-order chi connectivity index (χ1) is 17.7. The molecule has 0 spiro atoms. The second-order valence-corrected chi connectivity index (χ2v) is 10.1. The second kappa shape index (κ2) is 11.6. The number of anilines is 1. The van der Waals surface area contributed by atoms with Gasteiger partial charge >= 0.3 is 5.97 Å². The fourth-order valence-electron chi connectivity index (χ4n) is 5.04. The molecule has 196 valence electrons. The molecule has 2 heterocycles. The fraction of sp³-hybridized carbons (Fsp3) is 0.393. The summed E-state index contributed by atoms with van der Waals surface area (Å²) in [5.74, 6) is -1.42. The van der Waals surface area contributed by atoms with Gasteiger partial charge in [0.1, 0.15) is 6.54 Å². The molecule has 2 aromatic carbocycles. The molecule has 2 aliphatic heterocycles. The molecule has 1 fully saturated rings. The molecule has 4 rings (SSSR count). The summed E-state index contributed by atoms with van der Waals surface area (Å²) >= 11 is 12.3. The van der Waals surface area contributed by atoms with Crippen molar-refractivity contribution in [2.75, 3.05) is 44.2 Å². The van der Waals surface area contributed by atoms with Crippen LogP contribution in [0.4, 0.5) is 5.69 Å². The lowest BCUT2D eigenvalue weighted by Gasteiger charge is -2.39. The zero-order valence-electron chi connectivity index (χ0n) is 21.3. The maximum absolute atomic E-state index is 13.3. The standard InChI is InChI=1S/C28H31Cl2N3O4/c1-4-37-28(36)27-19(3)33(25(34)16-21(27)20-9-10-22(29)23(30)15-20)17-26(35)32-13-11-31(12-14-32)24-8-6-5-7-18(24)2/h5-10,15,21H,4,11-14,16-17H2,1-3H3. The summed E-state index contributed by atoms with van der Waals surface area (Å²) in [6, 6.07) is 13.3. The molecule has 0 radical (unpaired) electrons. The Morgan fingerprint density at radius 1 is 1.00 bits per heavy atom. The Balaban J connectivity index is 1.52. The van der Waals surface area contributed by atoms with Crippen LogP contribution in [0.5, 0.6) is 0 Å². The van der Waals surface area contributed by atoms with E-state index in [-0.39, 0.29) is 31.4 Å². The van der Waals surface area contributed by atoms with Crippen LogP contribution in [-0.4, -0.2) is 66.9 Å². The van der Waals surface area contributed by atoms with E-state index in [1.165, 1.54) is 16.2 Å². The number of amides is 2. The molecule has 0 aliphatic carbocycles. The van der Waals surface area contributed by atoms with Crippen molar-refractivity contribution in [1.29, 1.82) is 0 Å². The lowest BCUT2D eigenvalue weighted by atomic mass is 9.83. The first-order valence-corrected chi connectivity index (χ1v) is 13.2. The minimum absolute atomic E-state index is 0.0256. The summed E-state index contributed by atoms with van der Waals surface area (Å²) in [5.41, 5.74) is 3.86. The van der Waals surface area contributed by atoms with E-state index in [0.717, 1.165) is 0 Å². The summed E-state index contributed by atoms with van der Waals surface area (Å²) in [5, 5.41) is 0.732. The Bertz CT molecular complexity index is 1240. The van der Waals surface area contributed by atoms with Crippen molar-refractivity contribution in [2.45, 2.75) is 33.1 Å². The Labute approximate surface area is 227 Å². The van der Waals surface area contributed by atoms with Gasteiger partial charge in [-0.25, -0.2) is 4.79 Å². The minimum atomic E-state index is -0.537. The van der Waals surface area contributed by atoms with E-state index in [2.05, 4.69) is 24.0 Å². The molecule has 2 aliphatic rings. The first kappa shape index (κ1) is 27.0. The molecule has 2 amide bonds. The van der Waals surface area contributed by atoms with Crippen LogP contribution in [0.3, 0.4) is 0 Å². The number of ether oxygens (including phenoxy) is 1. The average Bonchev–Trinajstić information content (AvgIpc) is 2.88. The molecule has 1 unspecified atom stereocenters. The van der Waals surface area contributed by atoms with Gasteiger partial charge in [-0.3, -0.25) is 9.59 Å². The van der Waals surface area contributed by atoms with Crippen LogP contribution in [-0.2, 0) is 19.1 Å². The number of hydrogen-bond acceptors (Lipinski definition) is 5. The van der Waals surface area contributed by atoms with E-state index < -0.39 is 11.9 Å². The van der Waals surface area contributed by atoms with Gasteiger partial charge in [0.2, 0.25) is 11.8 Å². The first-order valence-electron chi connectivity index (χ1n) is 12.4. The Morgan fingerprint density at radius 3 is 2.35 bits per heavy atom. The van der Waals surface area contributed by atoms with Crippen molar-refractivity contribution in [1.82, 2.24) is 9.80 Å². The maximum atomic E-state index is 13.3. The molecular formula is C28H31Cl2N3O4. The highest BCUT2D eigenvalue weighted by molar-refractivity contribution is 6.42. The van der Waals surface area contributed by atoms with Crippen LogP contribution in [0.25, 0.3) is 0 Å². The van der Waals surface area contributed by atoms with Gasteiger partial charge in [0.25, 0.3) is 0 Å². The molecule has 37 heavy (non-hydrogen) atoms. The van der Waals surface area contributed by atoms with Gasteiger partial charge in [0.05, 0.1) is 22.2 Å². The summed E-state index contributed by atoms with van der Waals surface area (Å²) < 4.78 is 5.33. The lowest BCUT2D eigenvalue weighted by Crippen LogP contribution is -2.52. The number of carbonyl (C=O) groups excluding carboxylic acids is 3. The van der Waals surface area contributed by atoms with Crippen molar-refractivity contribution < 1.29 is 19.1 Å². The topological polar surface area (TPSA) is 70.2 Å². The zero-order chi connectivity index (χ0) is 26.7. The summed E-state index contributed by atoms with van der Waals surface area (Å²) in [6.07, 6.45) is 0.0256. The van der Waals surface area contributed by atoms with Gasteiger partial charge < -0.3 is 19.4 Å². The summed E-state index contributed by atoms with van der Waals surface area (Å²) in [6.45, 7) is 8.14. The Hall–Kier alpha value is -3.03. The van der Waals surface area contributed by atoms with Crippen LogP contribution in [0.15, 0.2) is 53.7 Å². The predicted molar refractivity (Wildman–Crippen MR) is 145 cm³/mol. The van der Waals surface area contributed by atoms with E-state index in [1.807, 2.05) is 12.1 Å². The third-order valence-electron chi connectivity index (χ3n) is 7.05. The highest BCUT2D eigenvalue weighted by Gasteiger charge is 2.38. The molecule has 9 heteroatoms. The lowest BCUT2D eigenvalue weighted by molar-refractivity contribution is -0.142. The molecule has 1 atom stereocenters. The highest BCUT2D eigenvalue weighted by Crippen LogP contribution is 2.39. The Kier molecular flexibility index (Phi) is 8.45. The van der Waals surface area contributed by atoms with E-state index in [9.17, 15) is 14.4 Å². The number of hydrogen-bond donors (Lipinski definition) is 0. The molecule has 7 nitrogen and oxygen atoms in total. The SMILES string of the molecule is CCOC(=O)C1=C(C)N(CC(=O)N2CCN(c3ccccc3C)CC2)C(=O)CC1c1ccc(Cl)c(Cl)c1. The van der Waals surface area contributed by atoms with E-state index in [4.69, 9.17) is 27.9 Å². The molecule has 0 saturated carbocycles.